The first-order valence-corrected chi connectivity index (χ1v) is 8.25. The summed E-state index contributed by atoms with van der Waals surface area (Å²) in [7, 11) is 0. The SMILES string of the molecule is c1ccc(CN2CC[C@@H](Nc3nnnn3-c3ccccc3)C2)cc1. The molecule has 4 rings (SSSR count). The van der Waals surface area contributed by atoms with Crippen LogP contribution in [0.5, 0.6) is 0 Å². The molecule has 1 atom stereocenters. The lowest BCUT2D eigenvalue weighted by atomic mass is 10.2. The molecule has 0 spiro atoms. The van der Waals surface area contributed by atoms with E-state index in [1.165, 1.54) is 5.56 Å². The van der Waals surface area contributed by atoms with Gasteiger partial charge in [0.1, 0.15) is 0 Å². The Morgan fingerprint density at radius 2 is 1.75 bits per heavy atom. The molecule has 6 nitrogen and oxygen atoms in total. The molecule has 0 unspecified atom stereocenters. The summed E-state index contributed by atoms with van der Waals surface area (Å²) < 4.78 is 1.75. The summed E-state index contributed by atoms with van der Waals surface area (Å²) in [5.74, 6) is 0.702. The minimum atomic E-state index is 0.363. The van der Waals surface area contributed by atoms with E-state index in [4.69, 9.17) is 0 Å². The molecule has 2 heterocycles. The van der Waals surface area contributed by atoms with Gasteiger partial charge >= 0.3 is 0 Å². The van der Waals surface area contributed by atoms with Gasteiger partial charge in [-0.25, -0.2) is 0 Å². The van der Waals surface area contributed by atoms with E-state index in [1.54, 1.807) is 4.68 Å². The summed E-state index contributed by atoms with van der Waals surface area (Å²) in [5.41, 5.74) is 2.32. The summed E-state index contributed by atoms with van der Waals surface area (Å²) in [6, 6.07) is 20.9. The second-order valence-corrected chi connectivity index (χ2v) is 6.10. The molecule has 1 saturated heterocycles. The van der Waals surface area contributed by atoms with Gasteiger partial charge in [-0.05, 0) is 34.5 Å². The van der Waals surface area contributed by atoms with Crippen LogP contribution in [0.2, 0.25) is 0 Å². The Kier molecular flexibility index (Phi) is 4.20. The van der Waals surface area contributed by atoms with Crippen molar-refractivity contribution in [2.75, 3.05) is 18.4 Å². The molecule has 0 amide bonds. The van der Waals surface area contributed by atoms with Gasteiger partial charge in [0.2, 0.25) is 5.95 Å². The van der Waals surface area contributed by atoms with Crippen molar-refractivity contribution in [2.24, 2.45) is 0 Å². The topological polar surface area (TPSA) is 58.9 Å². The first-order valence-electron chi connectivity index (χ1n) is 8.25. The summed E-state index contributed by atoms with van der Waals surface area (Å²) in [6.45, 7) is 3.07. The molecular formula is C18H20N6. The molecule has 1 aromatic heterocycles. The zero-order valence-corrected chi connectivity index (χ0v) is 13.4. The maximum atomic E-state index is 4.14. The lowest BCUT2D eigenvalue weighted by Crippen LogP contribution is -2.27. The first kappa shape index (κ1) is 14.8. The molecule has 1 N–H and O–H groups in total. The summed E-state index contributed by atoms with van der Waals surface area (Å²) in [5, 5.41) is 15.5. The smallest absolute Gasteiger partial charge is 0.248 e. The number of rotatable bonds is 5. The number of aromatic nitrogens is 4. The van der Waals surface area contributed by atoms with E-state index in [1.807, 2.05) is 30.3 Å². The van der Waals surface area contributed by atoms with Crippen LogP contribution in [0, 0.1) is 0 Å². The van der Waals surface area contributed by atoms with Crippen LogP contribution in [-0.4, -0.2) is 44.2 Å². The highest BCUT2D eigenvalue weighted by Gasteiger charge is 2.24. The minimum Gasteiger partial charge on any atom is -0.349 e. The van der Waals surface area contributed by atoms with E-state index in [-0.39, 0.29) is 0 Å². The van der Waals surface area contributed by atoms with Crippen LogP contribution < -0.4 is 5.32 Å². The van der Waals surface area contributed by atoms with Crippen LogP contribution in [0.15, 0.2) is 60.7 Å². The Bertz CT molecular complexity index is 770. The Labute approximate surface area is 141 Å². The number of nitrogens with one attached hydrogen (secondary N) is 1. The van der Waals surface area contributed by atoms with Crippen LogP contribution in [0.1, 0.15) is 12.0 Å². The highest BCUT2D eigenvalue weighted by Crippen LogP contribution is 2.18. The van der Waals surface area contributed by atoms with E-state index < -0.39 is 0 Å². The summed E-state index contributed by atoms with van der Waals surface area (Å²) in [6.07, 6.45) is 1.09. The molecule has 1 fully saturated rings. The molecule has 1 aliphatic rings. The van der Waals surface area contributed by atoms with E-state index in [9.17, 15) is 0 Å². The Hall–Kier alpha value is -2.73. The van der Waals surface area contributed by atoms with Gasteiger partial charge in [-0.1, -0.05) is 53.6 Å². The fraction of sp³-hybridized carbons (Fsp3) is 0.278. The fourth-order valence-electron chi connectivity index (χ4n) is 3.14. The number of anilines is 1. The predicted octanol–water partition coefficient (Wildman–Crippen LogP) is 2.35. The number of hydrogen-bond donors (Lipinski definition) is 1. The molecule has 24 heavy (non-hydrogen) atoms. The van der Waals surface area contributed by atoms with Gasteiger partial charge in [-0.15, -0.1) is 0 Å². The molecule has 0 bridgehead atoms. The second kappa shape index (κ2) is 6.80. The summed E-state index contributed by atoms with van der Waals surface area (Å²) in [4.78, 5) is 2.46. The van der Waals surface area contributed by atoms with Crippen molar-refractivity contribution in [3.63, 3.8) is 0 Å². The number of likely N-dealkylation sites (tertiary alicyclic amines) is 1. The Balaban J connectivity index is 1.40. The number of benzene rings is 2. The lowest BCUT2D eigenvalue weighted by molar-refractivity contribution is 0.328. The number of nitrogens with zero attached hydrogens (tertiary/aromatic N) is 5. The minimum absolute atomic E-state index is 0.363. The third-order valence-electron chi connectivity index (χ3n) is 4.32. The molecule has 0 aliphatic carbocycles. The van der Waals surface area contributed by atoms with Gasteiger partial charge in [0, 0.05) is 25.7 Å². The van der Waals surface area contributed by atoms with Crippen LogP contribution in [0.3, 0.4) is 0 Å². The molecule has 6 heteroatoms. The van der Waals surface area contributed by atoms with E-state index in [2.05, 4.69) is 56.1 Å². The van der Waals surface area contributed by atoms with E-state index in [0.29, 0.717) is 12.0 Å². The van der Waals surface area contributed by atoms with Crippen molar-refractivity contribution < 1.29 is 0 Å². The Morgan fingerprint density at radius 1 is 1.00 bits per heavy atom. The molecule has 3 aromatic rings. The standard InChI is InChI=1S/C18H20N6/c1-3-7-15(8-4-1)13-23-12-11-16(14-23)19-18-20-21-22-24(18)17-9-5-2-6-10-17/h1-10,16H,11-14H2,(H,19,20,22)/t16-/m1/s1. The van der Waals surface area contributed by atoms with E-state index >= 15 is 0 Å². The second-order valence-electron chi connectivity index (χ2n) is 6.10. The van der Waals surface area contributed by atoms with Gasteiger partial charge in [0.25, 0.3) is 0 Å². The van der Waals surface area contributed by atoms with Crippen LogP contribution in [-0.2, 0) is 6.54 Å². The van der Waals surface area contributed by atoms with Gasteiger partial charge in [-0.2, -0.15) is 4.68 Å². The van der Waals surface area contributed by atoms with Gasteiger partial charge < -0.3 is 5.32 Å². The third kappa shape index (κ3) is 3.28. The highest BCUT2D eigenvalue weighted by molar-refractivity contribution is 5.39. The largest absolute Gasteiger partial charge is 0.349 e. The zero-order valence-electron chi connectivity index (χ0n) is 13.4. The normalized spacial score (nSPS) is 17.9. The predicted molar refractivity (Wildman–Crippen MR) is 92.9 cm³/mol. The van der Waals surface area contributed by atoms with Gasteiger partial charge in [-0.3, -0.25) is 4.90 Å². The van der Waals surface area contributed by atoms with Crippen molar-refractivity contribution in [3.05, 3.63) is 66.2 Å². The average molecular weight is 320 g/mol. The van der Waals surface area contributed by atoms with Gasteiger partial charge in [0.15, 0.2) is 0 Å². The Morgan fingerprint density at radius 3 is 2.54 bits per heavy atom. The number of para-hydroxylation sites is 1. The van der Waals surface area contributed by atoms with Crippen molar-refractivity contribution in [3.8, 4) is 5.69 Å². The highest BCUT2D eigenvalue weighted by atomic mass is 15.6. The number of tetrazole rings is 1. The lowest BCUT2D eigenvalue weighted by Gasteiger charge is -2.17. The maximum Gasteiger partial charge on any atom is 0.248 e. The average Bonchev–Trinajstić information content (AvgIpc) is 3.27. The van der Waals surface area contributed by atoms with Gasteiger partial charge in [0.05, 0.1) is 5.69 Å². The fourth-order valence-corrected chi connectivity index (χ4v) is 3.14. The molecule has 0 saturated carbocycles. The van der Waals surface area contributed by atoms with Crippen LogP contribution in [0.25, 0.3) is 5.69 Å². The molecule has 2 aromatic carbocycles. The monoisotopic (exact) mass is 320 g/mol. The summed E-state index contributed by atoms with van der Waals surface area (Å²) >= 11 is 0. The van der Waals surface area contributed by atoms with Crippen molar-refractivity contribution in [2.45, 2.75) is 19.0 Å². The third-order valence-corrected chi connectivity index (χ3v) is 4.32. The van der Waals surface area contributed by atoms with Crippen molar-refractivity contribution in [1.29, 1.82) is 0 Å². The zero-order chi connectivity index (χ0) is 16.2. The van der Waals surface area contributed by atoms with Crippen LogP contribution in [0.4, 0.5) is 5.95 Å². The number of hydrogen-bond acceptors (Lipinski definition) is 5. The quantitative estimate of drug-likeness (QED) is 0.782. The van der Waals surface area contributed by atoms with Crippen molar-refractivity contribution in [1.82, 2.24) is 25.1 Å². The van der Waals surface area contributed by atoms with Crippen LogP contribution >= 0.6 is 0 Å². The molecule has 1 aliphatic heterocycles. The maximum absolute atomic E-state index is 4.14. The first-order chi connectivity index (χ1) is 11.9. The molecule has 122 valence electrons. The van der Waals surface area contributed by atoms with E-state index in [0.717, 1.165) is 31.7 Å². The molecule has 0 radical (unpaired) electrons. The molecular weight excluding hydrogens is 300 g/mol. The van der Waals surface area contributed by atoms with Crippen molar-refractivity contribution >= 4 is 5.95 Å².